The molecule has 31 heavy (non-hydrogen) atoms. The second kappa shape index (κ2) is 10.1. The van der Waals surface area contributed by atoms with Gasteiger partial charge in [0.25, 0.3) is 5.91 Å². The molecule has 0 bridgehead atoms. The normalized spacial score (nSPS) is 14.3. The fraction of sp³-hybridized carbons (Fsp3) is 0.391. The number of aromatic nitrogens is 2. The molecule has 1 saturated carbocycles. The van der Waals surface area contributed by atoms with Crippen LogP contribution in [-0.4, -0.2) is 41.7 Å². The second-order valence-corrected chi connectivity index (χ2v) is 7.66. The second-order valence-electron chi connectivity index (χ2n) is 7.66. The average Bonchev–Trinajstić information content (AvgIpc) is 3.31. The Morgan fingerprint density at radius 1 is 1.00 bits per heavy atom. The molecule has 1 aliphatic rings. The van der Waals surface area contributed by atoms with Crippen LogP contribution in [0, 0.1) is 0 Å². The molecule has 8 nitrogen and oxygen atoms in total. The molecule has 0 saturated heterocycles. The van der Waals surface area contributed by atoms with Gasteiger partial charge in [-0.3, -0.25) is 9.59 Å². The number of fused-ring (bicyclic) bond motifs is 1. The number of nitrogens with zero attached hydrogens (tertiary/aromatic N) is 2. The van der Waals surface area contributed by atoms with Crippen molar-refractivity contribution >= 4 is 22.6 Å². The standard InChI is InChI=1S/C23H26N4O4/c28-20(15-30-19-12-6-10-16-7-4-5-11-18(16)19)24-13-14-25-22(29)23-26-21(27-31-23)17-8-2-1-3-9-17/h4-7,10-12,17H,1-3,8-9,13-15H2,(H,24,28)(H,25,29). The third-order valence-corrected chi connectivity index (χ3v) is 5.45. The lowest BCUT2D eigenvalue weighted by Crippen LogP contribution is -2.36. The van der Waals surface area contributed by atoms with E-state index in [9.17, 15) is 9.59 Å². The minimum Gasteiger partial charge on any atom is -0.483 e. The molecule has 2 N–H and O–H groups in total. The molecule has 2 amide bonds. The number of ether oxygens (including phenoxy) is 1. The maximum atomic E-state index is 12.2. The summed E-state index contributed by atoms with van der Waals surface area (Å²) in [5.74, 6) is 0.817. The topological polar surface area (TPSA) is 106 Å². The maximum Gasteiger partial charge on any atom is 0.315 e. The number of nitrogens with one attached hydrogen (secondary N) is 2. The number of carbonyl (C=O) groups is 2. The van der Waals surface area contributed by atoms with E-state index in [-0.39, 0.29) is 37.4 Å². The summed E-state index contributed by atoms with van der Waals surface area (Å²) in [7, 11) is 0. The van der Waals surface area contributed by atoms with Crippen LogP contribution in [0.2, 0.25) is 0 Å². The fourth-order valence-corrected chi connectivity index (χ4v) is 3.82. The van der Waals surface area contributed by atoms with Crippen molar-refractivity contribution < 1.29 is 18.8 Å². The van der Waals surface area contributed by atoms with Crippen molar-refractivity contribution in [3.8, 4) is 5.75 Å². The minimum atomic E-state index is -0.434. The van der Waals surface area contributed by atoms with E-state index < -0.39 is 5.91 Å². The van der Waals surface area contributed by atoms with E-state index >= 15 is 0 Å². The van der Waals surface area contributed by atoms with Crippen LogP contribution in [0.15, 0.2) is 47.0 Å². The van der Waals surface area contributed by atoms with Crippen molar-refractivity contribution in [2.45, 2.75) is 38.0 Å². The molecule has 1 fully saturated rings. The molecular formula is C23H26N4O4. The first-order valence-electron chi connectivity index (χ1n) is 10.7. The van der Waals surface area contributed by atoms with E-state index in [1.54, 1.807) is 0 Å². The van der Waals surface area contributed by atoms with E-state index in [2.05, 4.69) is 20.8 Å². The Morgan fingerprint density at radius 2 is 1.77 bits per heavy atom. The fourth-order valence-electron chi connectivity index (χ4n) is 3.82. The predicted molar refractivity (Wildman–Crippen MR) is 115 cm³/mol. The maximum absolute atomic E-state index is 12.2. The Kier molecular flexibility index (Phi) is 6.76. The van der Waals surface area contributed by atoms with E-state index in [0.29, 0.717) is 11.6 Å². The lowest BCUT2D eigenvalue weighted by atomic mass is 9.89. The van der Waals surface area contributed by atoms with Crippen molar-refractivity contribution in [2.75, 3.05) is 19.7 Å². The van der Waals surface area contributed by atoms with Gasteiger partial charge in [-0.25, -0.2) is 0 Å². The summed E-state index contributed by atoms with van der Waals surface area (Å²) in [6.07, 6.45) is 5.62. The Hall–Kier alpha value is -3.42. The number of benzene rings is 2. The quantitative estimate of drug-likeness (QED) is 0.540. The summed E-state index contributed by atoms with van der Waals surface area (Å²) in [5, 5.41) is 11.4. The number of rotatable bonds is 8. The van der Waals surface area contributed by atoms with E-state index in [4.69, 9.17) is 9.26 Å². The van der Waals surface area contributed by atoms with Gasteiger partial charge in [0.2, 0.25) is 0 Å². The van der Waals surface area contributed by atoms with Crippen molar-refractivity contribution in [2.24, 2.45) is 0 Å². The van der Waals surface area contributed by atoms with Crippen LogP contribution < -0.4 is 15.4 Å². The average molecular weight is 422 g/mol. The Bertz CT molecular complexity index is 1040. The summed E-state index contributed by atoms with van der Waals surface area (Å²) in [6, 6.07) is 13.6. The zero-order valence-electron chi connectivity index (χ0n) is 17.3. The molecule has 0 atom stereocenters. The van der Waals surface area contributed by atoms with E-state index in [0.717, 1.165) is 36.5 Å². The van der Waals surface area contributed by atoms with Gasteiger partial charge in [0.05, 0.1) is 0 Å². The summed E-state index contributed by atoms with van der Waals surface area (Å²) in [4.78, 5) is 28.5. The van der Waals surface area contributed by atoms with Crippen molar-refractivity contribution in [3.63, 3.8) is 0 Å². The third kappa shape index (κ3) is 5.39. The van der Waals surface area contributed by atoms with Crippen LogP contribution in [0.4, 0.5) is 0 Å². The Morgan fingerprint density at radius 3 is 2.65 bits per heavy atom. The highest BCUT2D eigenvalue weighted by Gasteiger charge is 2.23. The highest BCUT2D eigenvalue weighted by molar-refractivity contribution is 5.89. The van der Waals surface area contributed by atoms with E-state index in [1.807, 2.05) is 42.5 Å². The van der Waals surface area contributed by atoms with Gasteiger partial charge < -0.3 is 19.9 Å². The molecule has 0 unspecified atom stereocenters. The largest absolute Gasteiger partial charge is 0.483 e. The monoisotopic (exact) mass is 422 g/mol. The molecule has 1 aliphatic carbocycles. The molecule has 1 heterocycles. The molecule has 162 valence electrons. The smallest absolute Gasteiger partial charge is 0.315 e. The van der Waals surface area contributed by atoms with Crippen LogP contribution in [0.3, 0.4) is 0 Å². The minimum absolute atomic E-state index is 0.0359. The molecule has 1 aromatic heterocycles. The zero-order chi connectivity index (χ0) is 21.5. The van der Waals surface area contributed by atoms with Crippen LogP contribution >= 0.6 is 0 Å². The lowest BCUT2D eigenvalue weighted by molar-refractivity contribution is -0.123. The molecule has 0 radical (unpaired) electrons. The zero-order valence-corrected chi connectivity index (χ0v) is 17.3. The van der Waals surface area contributed by atoms with Crippen LogP contribution in [-0.2, 0) is 4.79 Å². The van der Waals surface area contributed by atoms with Crippen molar-refractivity contribution in [1.29, 1.82) is 0 Å². The molecule has 2 aromatic carbocycles. The highest BCUT2D eigenvalue weighted by atomic mass is 16.5. The summed E-state index contributed by atoms with van der Waals surface area (Å²) in [5.41, 5.74) is 0. The van der Waals surface area contributed by atoms with Gasteiger partial charge in [0, 0.05) is 24.4 Å². The van der Waals surface area contributed by atoms with Gasteiger partial charge >= 0.3 is 11.8 Å². The Balaban J connectivity index is 1.18. The van der Waals surface area contributed by atoms with Crippen molar-refractivity contribution in [3.05, 3.63) is 54.2 Å². The van der Waals surface area contributed by atoms with Gasteiger partial charge in [-0.1, -0.05) is 60.8 Å². The number of carbonyl (C=O) groups excluding carboxylic acids is 2. The predicted octanol–water partition coefficient (Wildman–Crippen LogP) is 3.20. The molecule has 0 aliphatic heterocycles. The first-order chi connectivity index (χ1) is 15.2. The Labute approximate surface area is 180 Å². The van der Waals surface area contributed by atoms with Gasteiger partial charge in [0.15, 0.2) is 12.4 Å². The summed E-state index contributed by atoms with van der Waals surface area (Å²) >= 11 is 0. The van der Waals surface area contributed by atoms with Gasteiger partial charge in [-0.05, 0) is 24.3 Å². The molecule has 4 rings (SSSR count). The van der Waals surface area contributed by atoms with Gasteiger partial charge in [0.1, 0.15) is 5.75 Å². The van der Waals surface area contributed by atoms with E-state index in [1.165, 1.54) is 6.42 Å². The third-order valence-electron chi connectivity index (χ3n) is 5.45. The van der Waals surface area contributed by atoms with Crippen molar-refractivity contribution in [1.82, 2.24) is 20.8 Å². The van der Waals surface area contributed by atoms with Crippen LogP contribution in [0.1, 0.15) is 54.5 Å². The summed E-state index contributed by atoms with van der Waals surface area (Å²) in [6.45, 7) is 0.420. The number of hydrogen-bond donors (Lipinski definition) is 2. The molecular weight excluding hydrogens is 396 g/mol. The SMILES string of the molecule is O=C(COc1cccc2ccccc12)NCCNC(=O)c1nc(C2CCCCC2)no1. The first-order valence-corrected chi connectivity index (χ1v) is 10.7. The molecule has 0 spiro atoms. The first kappa shape index (κ1) is 20.8. The van der Waals surface area contributed by atoms with Crippen LogP contribution in [0.5, 0.6) is 5.75 Å². The lowest BCUT2D eigenvalue weighted by Gasteiger charge is -2.17. The molecule has 3 aromatic rings. The number of hydrogen-bond acceptors (Lipinski definition) is 6. The highest BCUT2D eigenvalue weighted by Crippen LogP contribution is 2.30. The van der Waals surface area contributed by atoms with Crippen LogP contribution in [0.25, 0.3) is 10.8 Å². The number of amides is 2. The summed E-state index contributed by atoms with van der Waals surface area (Å²) < 4.78 is 10.8. The van der Waals surface area contributed by atoms with Gasteiger partial charge in [-0.2, -0.15) is 4.98 Å². The van der Waals surface area contributed by atoms with Gasteiger partial charge in [-0.15, -0.1) is 0 Å². The molecule has 8 heteroatoms.